The summed E-state index contributed by atoms with van der Waals surface area (Å²) in [5, 5.41) is 9.80. The molecule has 7 nitrogen and oxygen atoms in total. The molecule has 0 saturated carbocycles. The van der Waals surface area contributed by atoms with Gasteiger partial charge in [0.25, 0.3) is 5.56 Å². The number of anilines is 1. The quantitative estimate of drug-likeness (QED) is 0.781. The molecule has 0 radical (unpaired) electrons. The Morgan fingerprint density at radius 3 is 2.68 bits per heavy atom. The van der Waals surface area contributed by atoms with Gasteiger partial charge in [0, 0.05) is 19.6 Å². The fraction of sp³-hybridized carbons (Fsp3) is 0.643. The first-order valence-electron chi connectivity index (χ1n) is 7.21. The standard InChI is InChI=1S/C14H23ClN4O3/c1-5-19-12(20)11(15)10(9-18-19)16-7-6-8-17-13(21)22-14(2,3)4/h9,16H,5-8H2,1-4H3,(H,17,21). The first-order chi connectivity index (χ1) is 10.2. The van der Waals surface area contributed by atoms with Gasteiger partial charge in [-0.2, -0.15) is 5.10 Å². The van der Waals surface area contributed by atoms with Gasteiger partial charge >= 0.3 is 6.09 Å². The van der Waals surface area contributed by atoms with Crippen molar-refractivity contribution in [2.45, 2.75) is 46.3 Å². The number of rotatable bonds is 6. The van der Waals surface area contributed by atoms with Crippen LogP contribution >= 0.6 is 11.6 Å². The summed E-state index contributed by atoms with van der Waals surface area (Å²) >= 11 is 5.99. The van der Waals surface area contributed by atoms with E-state index in [4.69, 9.17) is 16.3 Å². The van der Waals surface area contributed by atoms with Crippen LogP contribution in [0.2, 0.25) is 5.02 Å². The predicted molar refractivity (Wildman–Crippen MR) is 86.5 cm³/mol. The zero-order valence-corrected chi connectivity index (χ0v) is 14.2. The van der Waals surface area contributed by atoms with Gasteiger partial charge in [0.1, 0.15) is 10.6 Å². The molecule has 0 bridgehead atoms. The van der Waals surface area contributed by atoms with E-state index in [1.165, 1.54) is 10.9 Å². The van der Waals surface area contributed by atoms with E-state index in [1.54, 1.807) is 0 Å². The molecule has 1 heterocycles. The van der Waals surface area contributed by atoms with Crippen molar-refractivity contribution >= 4 is 23.4 Å². The third-order valence-electron chi connectivity index (χ3n) is 2.62. The molecule has 0 aromatic carbocycles. The van der Waals surface area contributed by atoms with Crippen LogP contribution in [0.3, 0.4) is 0 Å². The summed E-state index contributed by atoms with van der Waals surface area (Å²) in [6, 6.07) is 0. The molecular weight excluding hydrogens is 308 g/mol. The Bertz CT molecular complexity index is 566. The van der Waals surface area contributed by atoms with Gasteiger partial charge in [-0.15, -0.1) is 0 Å². The van der Waals surface area contributed by atoms with Crippen molar-refractivity contribution in [2.75, 3.05) is 18.4 Å². The molecule has 0 fully saturated rings. The first kappa shape index (κ1) is 18.3. The van der Waals surface area contributed by atoms with E-state index in [0.29, 0.717) is 31.7 Å². The van der Waals surface area contributed by atoms with Gasteiger partial charge in [0.05, 0.1) is 11.9 Å². The number of ether oxygens (including phenoxy) is 1. The summed E-state index contributed by atoms with van der Waals surface area (Å²) < 4.78 is 6.41. The summed E-state index contributed by atoms with van der Waals surface area (Å²) in [6.07, 6.45) is 1.73. The van der Waals surface area contributed by atoms with Crippen LogP contribution in [0, 0.1) is 0 Å². The van der Waals surface area contributed by atoms with Gasteiger partial charge < -0.3 is 15.4 Å². The van der Waals surface area contributed by atoms with Gasteiger partial charge in [-0.05, 0) is 34.1 Å². The van der Waals surface area contributed by atoms with Crippen LogP contribution in [-0.4, -0.2) is 34.6 Å². The van der Waals surface area contributed by atoms with Crippen LogP contribution in [0.1, 0.15) is 34.1 Å². The number of hydrogen-bond donors (Lipinski definition) is 2. The van der Waals surface area contributed by atoms with Gasteiger partial charge in [0.15, 0.2) is 0 Å². The topological polar surface area (TPSA) is 85.2 Å². The molecule has 0 aliphatic carbocycles. The zero-order chi connectivity index (χ0) is 16.8. The minimum atomic E-state index is -0.509. The van der Waals surface area contributed by atoms with Crippen LogP contribution in [0.25, 0.3) is 0 Å². The molecule has 1 aromatic rings. The van der Waals surface area contributed by atoms with Crippen molar-refractivity contribution < 1.29 is 9.53 Å². The summed E-state index contributed by atoms with van der Waals surface area (Å²) in [4.78, 5) is 23.2. The smallest absolute Gasteiger partial charge is 0.407 e. The predicted octanol–water partition coefficient (Wildman–Crippen LogP) is 2.24. The Labute approximate surface area is 135 Å². The first-order valence-corrected chi connectivity index (χ1v) is 7.58. The molecule has 0 saturated heterocycles. The molecule has 0 spiro atoms. The molecule has 0 unspecified atom stereocenters. The minimum absolute atomic E-state index is 0.122. The third-order valence-corrected chi connectivity index (χ3v) is 2.99. The molecule has 8 heteroatoms. The molecule has 2 N–H and O–H groups in total. The maximum atomic E-state index is 11.8. The van der Waals surface area contributed by atoms with Crippen molar-refractivity contribution in [1.29, 1.82) is 0 Å². The van der Waals surface area contributed by atoms with Crippen molar-refractivity contribution in [3.8, 4) is 0 Å². The molecule has 1 rings (SSSR count). The highest BCUT2D eigenvalue weighted by Crippen LogP contribution is 2.14. The van der Waals surface area contributed by atoms with Crippen molar-refractivity contribution in [2.24, 2.45) is 0 Å². The lowest BCUT2D eigenvalue weighted by Gasteiger charge is -2.19. The van der Waals surface area contributed by atoms with Crippen LogP contribution in [0.5, 0.6) is 0 Å². The highest BCUT2D eigenvalue weighted by Gasteiger charge is 2.15. The largest absolute Gasteiger partial charge is 0.444 e. The summed E-state index contributed by atoms with van der Waals surface area (Å²) in [5.41, 5.74) is -0.334. The number of carbonyl (C=O) groups excluding carboxylic acids is 1. The van der Waals surface area contributed by atoms with E-state index in [2.05, 4.69) is 15.7 Å². The third kappa shape index (κ3) is 5.93. The molecule has 22 heavy (non-hydrogen) atoms. The molecule has 1 amide bonds. The Balaban J connectivity index is 2.35. The number of nitrogens with zero attached hydrogens (tertiary/aromatic N) is 2. The van der Waals surface area contributed by atoms with E-state index in [1.807, 2.05) is 27.7 Å². The van der Waals surface area contributed by atoms with Gasteiger partial charge in [-0.25, -0.2) is 9.48 Å². The molecule has 124 valence electrons. The van der Waals surface area contributed by atoms with Crippen molar-refractivity contribution in [3.63, 3.8) is 0 Å². The SMILES string of the molecule is CCn1ncc(NCCCNC(=O)OC(C)(C)C)c(Cl)c1=O. The number of halogens is 1. The fourth-order valence-corrected chi connectivity index (χ4v) is 1.84. The van der Waals surface area contributed by atoms with E-state index < -0.39 is 11.7 Å². The number of aromatic nitrogens is 2. The highest BCUT2D eigenvalue weighted by atomic mass is 35.5. The molecule has 0 aliphatic heterocycles. The van der Waals surface area contributed by atoms with Gasteiger partial charge in [-0.1, -0.05) is 11.6 Å². The van der Waals surface area contributed by atoms with Crippen LogP contribution in [-0.2, 0) is 11.3 Å². The lowest BCUT2D eigenvalue weighted by atomic mass is 10.2. The van der Waals surface area contributed by atoms with E-state index in [0.717, 1.165) is 0 Å². The second-order valence-corrected chi connectivity index (χ2v) is 6.08. The van der Waals surface area contributed by atoms with Gasteiger partial charge in [-0.3, -0.25) is 4.79 Å². The Morgan fingerprint density at radius 2 is 2.09 bits per heavy atom. The van der Waals surface area contributed by atoms with E-state index >= 15 is 0 Å². The summed E-state index contributed by atoms with van der Waals surface area (Å²) in [5.74, 6) is 0. The number of carbonyl (C=O) groups is 1. The Morgan fingerprint density at radius 1 is 1.41 bits per heavy atom. The molecule has 0 aliphatic rings. The van der Waals surface area contributed by atoms with E-state index in [9.17, 15) is 9.59 Å². The maximum Gasteiger partial charge on any atom is 0.407 e. The lowest BCUT2D eigenvalue weighted by Crippen LogP contribution is -2.33. The second-order valence-electron chi connectivity index (χ2n) is 5.70. The maximum absolute atomic E-state index is 11.8. The Kier molecular flexibility index (Phi) is 6.67. The van der Waals surface area contributed by atoms with Crippen LogP contribution in [0.15, 0.2) is 11.0 Å². The number of hydrogen-bond acceptors (Lipinski definition) is 5. The lowest BCUT2D eigenvalue weighted by molar-refractivity contribution is 0.0528. The van der Waals surface area contributed by atoms with E-state index in [-0.39, 0.29) is 10.6 Å². The Hall–Kier alpha value is -1.76. The normalized spacial score (nSPS) is 11.1. The second kappa shape index (κ2) is 8.03. The summed E-state index contributed by atoms with van der Waals surface area (Å²) in [6.45, 7) is 8.72. The number of amides is 1. The summed E-state index contributed by atoms with van der Waals surface area (Å²) in [7, 11) is 0. The monoisotopic (exact) mass is 330 g/mol. The minimum Gasteiger partial charge on any atom is -0.444 e. The fourth-order valence-electron chi connectivity index (χ4n) is 1.63. The highest BCUT2D eigenvalue weighted by molar-refractivity contribution is 6.32. The van der Waals surface area contributed by atoms with Crippen LogP contribution < -0.4 is 16.2 Å². The zero-order valence-electron chi connectivity index (χ0n) is 13.4. The molecule has 0 atom stereocenters. The van der Waals surface area contributed by atoms with Gasteiger partial charge in [0.2, 0.25) is 0 Å². The number of aryl methyl sites for hydroxylation is 1. The van der Waals surface area contributed by atoms with Crippen molar-refractivity contribution in [3.05, 3.63) is 21.6 Å². The van der Waals surface area contributed by atoms with Crippen molar-refractivity contribution in [1.82, 2.24) is 15.1 Å². The number of alkyl carbamates (subject to hydrolysis) is 1. The average molecular weight is 331 g/mol. The molecular formula is C14H23ClN4O3. The average Bonchev–Trinajstić information content (AvgIpc) is 2.41. The van der Waals surface area contributed by atoms with Crippen LogP contribution in [0.4, 0.5) is 10.5 Å². The number of nitrogens with one attached hydrogen (secondary N) is 2. The molecule has 1 aromatic heterocycles.